The van der Waals surface area contributed by atoms with E-state index in [4.69, 9.17) is 20.3 Å². The Balaban J connectivity index is 2.61. The van der Waals surface area contributed by atoms with Crippen LogP contribution in [0.2, 0.25) is 0 Å². The second kappa shape index (κ2) is 6.78. The van der Waals surface area contributed by atoms with E-state index in [0.717, 1.165) is 0 Å². The zero-order valence-corrected chi connectivity index (χ0v) is 12.1. The summed E-state index contributed by atoms with van der Waals surface area (Å²) in [4.78, 5) is 26.5. The average Bonchev–Trinajstić information content (AvgIpc) is 2.33. The molecule has 8 nitrogen and oxygen atoms in total. The number of pyridine rings is 1. The average molecular weight is 297 g/mol. The first-order valence-electron chi connectivity index (χ1n) is 6.23. The molecule has 116 valence electrons. The second-order valence-corrected chi connectivity index (χ2v) is 5.26. The molecule has 1 atom stereocenters. The largest absolute Gasteiger partial charge is 0.487 e. The molecule has 0 fully saturated rings. The third-order valence-electron chi connectivity index (χ3n) is 2.21. The highest BCUT2D eigenvalue weighted by atomic mass is 16.6. The first-order chi connectivity index (χ1) is 9.69. The molecular formula is C13H19N3O5. The predicted molar refractivity (Wildman–Crippen MR) is 74.9 cm³/mol. The first-order valence-corrected chi connectivity index (χ1v) is 6.23. The van der Waals surface area contributed by atoms with E-state index in [1.807, 2.05) is 0 Å². The van der Waals surface area contributed by atoms with E-state index in [1.54, 1.807) is 20.8 Å². The summed E-state index contributed by atoms with van der Waals surface area (Å²) in [5, 5.41) is 11.3. The predicted octanol–water partition coefficient (Wildman–Crippen LogP) is 1.02. The number of carboxylic acids is 1. The monoisotopic (exact) mass is 297 g/mol. The molecule has 0 aromatic carbocycles. The zero-order chi connectivity index (χ0) is 16.0. The number of amides is 1. The van der Waals surface area contributed by atoms with Gasteiger partial charge in [-0.3, -0.25) is 4.98 Å². The molecule has 1 aromatic rings. The fraction of sp³-hybridized carbons (Fsp3) is 0.462. The van der Waals surface area contributed by atoms with Crippen molar-refractivity contribution in [2.75, 3.05) is 12.3 Å². The first kappa shape index (κ1) is 16.5. The van der Waals surface area contributed by atoms with Gasteiger partial charge in [0.05, 0.1) is 11.9 Å². The summed E-state index contributed by atoms with van der Waals surface area (Å²) in [6.45, 7) is 4.73. The molecule has 1 heterocycles. The number of nitrogens with two attached hydrogens (primary N) is 1. The maximum Gasteiger partial charge on any atom is 0.408 e. The standard InChI is InChI=1S/C13H19N3O5/c1-13(2,3)21-12(19)16-9(11(17)18)7-20-10-6-15-5-4-8(10)14/h4-6,9H,7H2,1-3H3,(H2,14,15)(H,16,19)(H,17,18)/t9-/m0/s1. The van der Waals surface area contributed by atoms with Crippen LogP contribution in [0, 0.1) is 0 Å². The van der Waals surface area contributed by atoms with Crippen molar-refractivity contribution in [3.8, 4) is 5.75 Å². The van der Waals surface area contributed by atoms with Crippen LogP contribution < -0.4 is 15.8 Å². The van der Waals surface area contributed by atoms with Crippen LogP contribution in [-0.4, -0.2) is 40.4 Å². The highest BCUT2D eigenvalue weighted by Crippen LogP contribution is 2.18. The number of ether oxygens (including phenoxy) is 2. The number of rotatable bonds is 5. The van der Waals surface area contributed by atoms with E-state index in [1.165, 1.54) is 18.5 Å². The van der Waals surface area contributed by atoms with Crippen molar-refractivity contribution in [2.45, 2.75) is 32.4 Å². The number of carbonyl (C=O) groups excluding carboxylic acids is 1. The lowest BCUT2D eigenvalue weighted by Gasteiger charge is -2.22. The number of carboxylic acid groups (broad SMARTS) is 1. The Morgan fingerprint density at radius 1 is 1.48 bits per heavy atom. The van der Waals surface area contributed by atoms with E-state index < -0.39 is 23.7 Å². The van der Waals surface area contributed by atoms with Crippen molar-refractivity contribution in [3.05, 3.63) is 18.5 Å². The molecular weight excluding hydrogens is 278 g/mol. The number of aromatic nitrogens is 1. The van der Waals surface area contributed by atoms with Gasteiger partial charge in [-0.15, -0.1) is 0 Å². The minimum atomic E-state index is -1.26. The highest BCUT2D eigenvalue weighted by Gasteiger charge is 2.24. The Labute approximate surface area is 122 Å². The molecule has 1 aromatic heterocycles. The molecule has 0 saturated heterocycles. The van der Waals surface area contributed by atoms with Crippen LogP contribution in [0.3, 0.4) is 0 Å². The summed E-state index contributed by atoms with van der Waals surface area (Å²) in [7, 11) is 0. The van der Waals surface area contributed by atoms with Crippen LogP contribution in [0.25, 0.3) is 0 Å². The molecule has 0 aliphatic rings. The summed E-state index contributed by atoms with van der Waals surface area (Å²) in [6.07, 6.45) is 2.01. The Bertz CT molecular complexity index is 513. The van der Waals surface area contributed by atoms with Gasteiger partial charge < -0.3 is 25.6 Å². The van der Waals surface area contributed by atoms with Crippen molar-refractivity contribution in [1.82, 2.24) is 10.3 Å². The van der Waals surface area contributed by atoms with E-state index in [2.05, 4.69) is 10.3 Å². The van der Waals surface area contributed by atoms with Gasteiger partial charge in [-0.2, -0.15) is 0 Å². The smallest absolute Gasteiger partial charge is 0.408 e. The lowest BCUT2D eigenvalue weighted by molar-refractivity contribution is -0.140. The van der Waals surface area contributed by atoms with Gasteiger partial charge in [0.2, 0.25) is 0 Å². The number of carbonyl (C=O) groups is 2. The molecule has 0 unspecified atom stereocenters. The van der Waals surface area contributed by atoms with Gasteiger partial charge in [0.1, 0.15) is 12.2 Å². The Morgan fingerprint density at radius 2 is 2.14 bits per heavy atom. The number of nitrogens with one attached hydrogen (secondary N) is 1. The van der Waals surface area contributed by atoms with Crippen molar-refractivity contribution >= 4 is 17.7 Å². The number of nitrogen functional groups attached to an aromatic ring is 1. The topological polar surface area (TPSA) is 124 Å². The van der Waals surface area contributed by atoms with Crippen molar-refractivity contribution in [1.29, 1.82) is 0 Å². The SMILES string of the molecule is CC(C)(C)OC(=O)N[C@@H](COc1cnccc1N)C(=O)O. The van der Waals surface area contributed by atoms with Crippen LogP contribution in [0.5, 0.6) is 5.75 Å². The molecule has 1 rings (SSSR count). The van der Waals surface area contributed by atoms with Crippen molar-refractivity contribution < 1.29 is 24.2 Å². The Kier molecular flexibility index (Phi) is 5.34. The molecule has 0 spiro atoms. The number of alkyl carbamates (subject to hydrolysis) is 1. The van der Waals surface area contributed by atoms with Crippen molar-refractivity contribution in [2.24, 2.45) is 0 Å². The molecule has 1 amide bonds. The minimum Gasteiger partial charge on any atom is -0.487 e. The molecule has 0 radical (unpaired) electrons. The quantitative estimate of drug-likeness (QED) is 0.741. The van der Waals surface area contributed by atoms with E-state index in [9.17, 15) is 9.59 Å². The summed E-state index contributed by atoms with van der Waals surface area (Å²) in [6, 6.07) is 0.256. The number of aliphatic carboxylic acids is 1. The maximum absolute atomic E-state index is 11.6. The number of hydrogen-bond acceptors (Lipinski definition) is 6. The molecule has 8 heteroatoms. The third-order valence-corrected chi connectivity index (χ3v) is 2.21. The van der Waals surface area contributed by atoms with Gasteiger partial charge in [-0.05, 0) is 26.8 Å². The fourth-order valence-corrected chi connectivity index (χ4v) is 1.31. The van der Waals surface area contributed by atoms with E-state index in [-0.39, 0.29) is 12.4 Å². The fourth-order valence-electron chi connectivity index (χ4n) is 1.31. The number of anilines is 1. The molecule has 0 aliphatic carbocycles. The van der Waals surface area contributed by atoms with Crippen LogP contribution >= 0.6 is 0 Å². The van der Waals surface area contributed by atoms with Crippen LogP contribution in [0.1, 0.15) is 20.8 Å². The van der Waals surface area contributed by atoms with Gasteiger partial charge in [-0.25, -0.2) is 9.59 Å². The molecule has 21 heavy (non-hydrogen) atoms. The highest BCUT2D eigenvalue weighted by molar-refractivity contribution is 5.80. The van der Waals surface area contributed by atoms with E-state index >= 15 is 0 Å². The van der Waals surface area contributed by atoms with Crippen molar-refractivity contribution in [3.63, 3.8) is 0 Å². The second-order valence-electron chi connectivity index (χ2n) is 5.26. The Hall–Kier alpha value is -2.51. The molecule has 0 bridgehead atoms. The molecule has 0 aliphatic heterocycles. The minimum absolute atomic E-state index is 0.245. The summed E-state index contributed by atoms with van der Waals surface area (Å²) >= 11 is 0. The normalized spacial score (nSPS) is 12.3. The van der Waals surface area contributed by atoms with Gasteiger partial charge >= 0.3 is 12.1 Å². The summed E-state index contributed by atoms with van der Waals surface area (Å²) in [5.41, 5.74) is 5.25. The number of hydrogen-bond donors (Lipinski definition) is 3. The van der Waals surface area contributed by atoms with Crippen LogP contribution in [-0.2, 0) is 9.53 Å². The summed E-state index contributed by atoms with van der Waals surface area (Å²) in [5.74, 6) is -1.00. The van der Waals surface area contributed by atoms with Crippen LogP contribution in [0.4, 0.5) is 10.5 Å². The number of nitrogens with zero attached hydrogens (tertiary/aromatic N) is 1. The third kappa shape index (κ3) is 5.98. The van der Waals surface area contributed by atoms with Gasteiger partial charge in [0, 0.05) is 6.20 Å². The lowest BCUT2D eigenvalue weighted by atomic mass is 10.2. The van der Waals surface area contributed by atoms with Gasteiger partial charge in [-0.1, -0.05) is 0 Å². The molecule has 0 saturated carbocycles. The zero-order valence-electron chi connectivity index (χ0n) is 12.1. The lowest BCUT2D eigenvalue weighted by Crippen LogP contribution is -2.46. The Morgan fingerprint density at radius 3 is 2.67 bits per heavy atom. The van der Waals surface area contributed by atoms with Gasteiger partial charge in [0.15, 0.2) is 11.8 Å². The van der Waals surface area contributed by atoms with E-state index in [0.29, 0.717) is 5.69 Å². The maximum atomic E-state index is 11.6. The molecule has 4 N–H and O–H groups in total. The van der Waals surface area contributed by atoms with Crippen LogP contribution in [0.15, 0.2) is 18.5 Å². The van der Waals surface area contributed by atoms with Gasteiger partial charge in [0.25, 0.3) is 0 Å². The summed E-state index contributed by atoms with van der Waals surface area (Å²) < 4.78 is 10.2.